The number of rotatable bonds is 7. The number of nitro benzene ring substituents is 1. The first-order valence-corrected chi connectivity index (χ1v) is 7.38. The molecule has 136 valence electrons. The van der Waals surface area contributed by atoms with Crippen molar-refractivity contribution >= 4 is 23.3 Å². The number of hydrogen-bond donors (Lipinski definition) is 1. The Morgan fingerprint density at radius 2 is 1.69 bits per heavy atom. The van der Waals surface area contributed by atoms with Crippen LogP contribution in [0.1, 0.15) is 10.4 Å². The molecule has 0 aromatic heterocycles. The van der Waals surface area contributed by atoms with Gasteiger partial charge in [-0.2, -0.15) is 0 Å². The van der Waals surface area contributed by atoms with Crippen LogP contribution in [0.5, 0.6) is 11.5 Å². The molecule has 26 heavy (non-hydrogen) atoms. The second-order valence-electron chi connectivity index (χ2n) is 5.00. The molecule has 0 unspecified atom stereocenters. The fourth-order valence-corrected chi connectivity index (χ4v) is 2.09. The molecule has 0 aliphatic heterocycles. The van der Waals surface area contributed by atoms with Crippen LogP contribution in [0.2, 0.25) is 0 Å². The maximum atomic E-state index is 12.0. The van der Waals surface area contributed by atoms with Crippen molar-refractivity contribution in [2.45, 2.75) is 0 Å². The zero-order valence-electron chi connectivity index (χ0n) is 14.1. The van der Waals surface area contributed by atoms with Gasteiger partial charge in [-0.3, -0.25) is 14.9 Å². The molecule has 0 fully saturated rings. The van der Waals surface area contributed by atoms with E-state index in [1.807, 2.05) is 0 Å². The molecule has 1 N–H and O–H groups in total. The van der Waals surface area contributed by atoms with Gasteiger partial charge in [0.1, 0.15) is 17.1 Å². The number of benzene rings is 2. The highest BCUT2D eigenvalue weighted by Gasteiger charge is 2.21. The molecule has 0 saturated carbocycles. The van der Waals surface area contributed by atoms with Crippen molar-refractivity contribution in [1.82, 2.24) is 0 Å². The monoisotopic (exact) mass is 360 g/mol. The Bertz CT molecular complexity index is 813. The van der Waals surface area contributed by atoms with Gasteiger partial charge in [0.05, 0.1) is 19.1 Å². The molecule has 0 aliphatic rings. The predicted octanol–water partition coefficient (Wildman–Crippen LogP) is 2.41. The molecule has 0 aliphatic carbocycles. The largest absolute Gasteiger partial charge is 0.497 e. The highest BCUT2D eigenvalue weighted by Crippen LogP contribution is 2.25. The third-order valence-electron chi connectivity index (χ3n) is 3.29. The second-order valence-corrected chi connectivity index (χ2v) is 5.00. The van der Waals surface area contributed by atoms with Crippen LogP contribution in [0.4, 0.5) is 11.4 Å². The maximum Gasteiger partial charge on any atom is 0.345 e. The fourth-order valence-electron chi connectivity index (χ4n) is 2.09. The van der Waals surface area contributed by atoms with E-state index in [4.69, 9.17) is 14.2 Å². The molecule has 9 heteroatoms. The van der Waals surface area contributed by atoms with Crippen molar-refractivity contribution in [2.75, 3.05) is 26.1 Å². The summed E-state index contributed by atoms with van der Waals surface area (Å²) in [4.78, 5) is 34.2. The van der Waals surface area contributed by atoms with Gasteiger partial charge >= 0.3 is 5.97 Å². The van der Waals surface area contributed by atoms with Gasteiger partial charge in [-0.25, -0.2) is 4.79 Å². The molecule has 0 spiro atoms. The first kappa shape index (κ1) is 18.7. The molecule has 0 radical (unpaired) electrons. The van der Waals surface area contributed by atoms with Gasteiger partial charge in [-0.1, -0.05) is 12.1 Å². The summed E-state index contributed by atoms with van der Waals surface area (Å²) in [7, 11) is 2.93. The molecule has 2 aromatic rings. The number of nitrogens with one attached hydrogen (secondary N) is 1. The lowest BCUT2D eigenvalue weighted by Gasteiger charge is -2.10. The van der Waals surface area contributed by atoms with Gasteiger partial charge in [0, 0.05) is 30.0 Å². The quantitative estimate of drug-likeness (QED) is 0.458. The van der Waals surface area contributed by atoms with Crippen molar-refractivity contribution in [2.24, 2.45) is 0 Å². The number of methoxy groups -OCH3 is 2. The van der Waals surface area contributed by atoms with E-state index in [1.165, 1.54) is 38.5 Å². The lowest BCUT2D eigenvalue weighted by molar-refractivity contribution is -0.385. The Balaban J connectivity index is 2.01. The van der Waals surface area contributed by atoms with Crippen molar-refractivity contribution < 1.29 is 28.7 Å². The van der Waals surface area contributed by atoms with Crippen LogP contribution in [0, 0.1) is 10.1 Å². The van der Waals surface area contributed by atoms with Crippen LogP contribution in [0.3, 0.4) is 0 Å². The minimum atomic E-state index is -0.962. The molecule has 0 saturated heterocycles. The van der Waals surface area contributed by atoms with E-state index in [0.29, 0.717) is 17.2 Å². The molecule has 0 bridgehead atoms. The minimum Gasteiger partial charge on any atom is -0.497 e. The summed E-state index contributed by atoms with van der Waals surface area (Å²) in [6, 6.07) is 10.1. The summed E-state index contributed by atoms with van der Waals surface area (Å²) in [5.41, 5.74) is -0.239. The van der Waals surface area contributed by atoms with Gasteiger partial charge in [0.15, 0.2) is 6.61 Å². The van der Waals surface area contributed by atoms with Crippen LogP contribution in [-0.4, -0.2) is 37.6 Å². The Kier molecular flexibility index (Phi) is 6.10. The van der Waals surface area contributed by atoms with Gasteiger partial charge < -0.3 is 19.5 Å². The Morgan fingerprint density at radius 3 is 2.27 bits per heavy atom. The summed E-state index contributed by atoms with van der Waals surface area (Å²) >= 11 is 0. The summed E-state index contributed by atoms with van der Waals surface area (Å²) in [6.45, 7) is -0.607. The van der Waals surface area contributed by atoms with E-state index in [9.17, 15) is 19.7 Å². The maximum absolute atomic E-state index is 12.0. The van der Waals surface area contributed by atoms with Crippen molar-refractivity contribution in [1.29, 1.82) is 0 Å². The summed E-state index contributed by atoms with van der Waals surface area (Å²) in [5.74, 6) is -0.643. The SMILES string of the molecule is COc1cc(NC(=O)COC(=O)c2ccccc2[N+](=O)[O-])cc(OC)c1. The molecule has 0 atom stereocenters. The van der Waals surface area contributed by atoms with Gasteiger partial charge in [0.25, 0.3) is 11.6 Å². The number of hydrogen-bond acceptors (Lipinski definition) is 7. The standard InChI is InChI=1S/C17H16N2O7/c1-24-12-7-11(8-13(9-12)25-2)18-16(20)10-26-17(21)14-5-3-4-6-15(14)19(22)23/h3-9H,10H2,1-2H3,(H,18,20). The van der Waals surface area contributed by atoms with Crippen LogP contribution in [0.25, 0.3) is 0 Å². The number of ether oxygens (including phenoxy) is 3. The minimum absolute atomic E-state index is 0.228. The number of para-hydroxylation sites is 1. The number of nitrogens with zero attached hydrogens (tertiary/aromatic N) is 1. The average Bonchev–Trinajstić information content (AvgIpc) is 2.65. The van der Waals surface area contributed by atoms with E-state index in [-0.39, 0.29) is 5.56 Å². The van der Waals surface area contributed by atoms with Crippen molar-refractivity contribution in [3.05, 3.63) is 58.1 Å². The average molecular weight is 360 g/mol. The number of nitro groups is 1. The molecule has 1 amide bonds. The van der Waals surface area contributed by atoms with Crippen LogP contribution >= 0.6 is 0 Å². The summed E-state index contributed by atoms with van der Waals surface area (Å²) in [6.07, 6.45) is 0. The molecular weight excluding hydrogens is 344 g/mol. The van der Waals surface area contributed by atoms with Gasteiger partial charge in [0.2, 0.25) is 0 Å². The van der Waals surface area contributed by atoms with Crippen molar-refractivity contribution in [3.63, 3.8) is 0 Å². The molecule has 9 nitrogen and oxygen atoms in total. The smallest absolute Gasteiger partial charge is 0.345 e. The summed E-state index contributed by atoms with van der Waals surface area (Å²) in [5, 5.41) is 13.4. The van der Waals surface area contributed by atoms with E-state index in [0.717, 1.165) is 0 Å². The topological polar surface area (TPSA) is 117 Å². The van der Waals surface area contributed by atoms with Gasteiger partial charge in [-0.05, 0) is 6.07 Å². The van der Waals surface area contributed by atoms with Crippen molar-refractivity contribution in [3.8, 4) is 11.5 Å². The normalized spacial score (nSPS) is 9.92. The van der Waals surface area contributed by atoms with E-state index in [2.05, 4.69) is 5.32 Å². The van der Waals surface area contributed by atoms with Gasteiger partial charge in [-0.15, -0.1) is 0 Å². The molecule has 2 rings (SSSR count). The first-order chi connectivity index (χ1) is 12.4. The van der Waals surface area contributed by atoms with E-state index in [1.54, 1.807) is 18.2 Å². The fraction of sp³-hybridized carbons (Fsp3) is 0.176. The molecule has 0 heterocycles. The first-order valence-electron chi connectivity index (χ1n) is 7.38. The second kappa shape index (κ2) is 8.47. The highest BCUT2D eigenvalue weighted by atomic mass is 16.6. The highest BCUT2D eigenvalue weighted by molar-refractivity contribution is 5.97. The predicted molar refractivity (Wildman–Crippen MR) is 91.6 cm³/mol. The number of amides is 1. The Labute approximate surface area is 148 Å². The number of anilines is 1. The molecule has 2 aromatic carbocycles. The van der Waals surface area contributed by atoms with Crippen LogP contribution < -0.4 is 14.8 Å². The van der Waals surface area contributed by atoms with E-state index >= 15 is 0 Å². The van der Waals surface area contributed by atoms with Crippen LogP contribution in [-0.2, 0) is 9.53 Å². The number of carbonyl (C=O) groups is 2. The zero-order chi connectivity index (χ0) is 19.1. The third-order valence-corrected chi connectivity index (χ3v) is 3.29. The molecular formula is C17H16N2O7. The lowest BCUT2D eigenvalue weighted by atomic mass is 10.2. The Morgan fingerprint density at radius 1 is 1.08 bits per heavy atom. The number of esters is 1. The zero-order valence-corrected chi connectivity index (χ0v) is 14.1. The Hall–Kier alpha value is -3.62. The third kappa shape index (κ3) is 4.69. The van der Waals surface area contributed by atoms with Crippen LogP contribution in [0.15, 0.2) is 42.5 Å². The number of carbonyl (C=O) groups excluding carboxylic acids is 2. The lowest BCUT2D eigenvalue weighted by Crippen LogP contribution is -2.21. The van der Waals surface area contributed by atoms with E-state index < -0.39 is 29.1 Å². The summed E-state index contributed by atoms with van der Waals surface area (Å²) < 4.78 is 15.0.